The monoisotopic (exact) mass is 266 g/mol. The van der Waals surface area contributed by atoms with Crippen LogP contribution in [0.3, 0.4) is 0 Å². The van der Waals surface area contributed by atoms with Crippen LogP contribution in [0.1, 0.15) is 5.69 Å². The van der Waals surface area contributed by atoms with Crippen LogP contribution in [0.5, 0.6) is 0 Å². The molecule has 2 nitrogen and oxygen atoms in total. The van der Waals surface area contributed by atoms with E-state index in [-0.39, 0.29) is 0 Å². The van der Waals surface area contributed by atoms with Gasteiger partial charge in [0.1, 0.15) is 5.03 Å². The Labute approximate surface area is 116 Å². The van der Waals surface area contributed by atoms with Crippen molar-refractivity contribution in [2.75, 3.05) is 0 Å². The minimum atomic E-state index is 0.478. The van der Waals surface area contributed by atoms with Gasteiger partial charge in [0.25, 0.3) is 0 Å². The molecule has 3 aromatic rings. The van der Waals surface area contributed by atoms with E-state index in [1.54, 1.807) is 11.8 Å². The van der Waals surface area contributed by atoms with Crippen LogP contribution in [0.25, 0.3) is 10.8 Å². The summed E-state index contributed by atoms with van der Waals surface area (Å²) in [5, 5.41) is 3.50. The van der Waals surface area contributed by atoms with E-state index in [4.69, 9.17) is 5.73 Å². The first-order valence-corrected chi connectivity index (χ1v) is 6.99. The Hall–Kier alpha value is -1.84. The van der Waals surface area contributed by atoms with Crippen molar-refractivity contribution in [3.8, 4) is 0 Å². The van der Waals surface area contributed by atoms with E-state index in [9.17, 15) is 0 Å². The molecular formula is C16H14N2S. The Kier molecular flexibility index (Phi) is 3.49. The number of fused-ring (bicyclic) bond motifs is 1. The lowest BCUT2D eigenvalue weighted by Crippen LogP contribution is -1.99. The van der Waals surface area contributed by atoms with Gasteiger partial charge < -0.3 is 5.73 Å². The molecule has 1 heterocycles. The summed E-state index contributed by atoms with van der Waals surface area (Å²) in [4.78, 5) is 5.70. The van der Waals surface area contributed by atoms with Crippen LogP contribution in [0.4, 0.5) is 0 Å². The summed E-state index contributed by atoms with van der Waals surface area (Å²) in [6.45, 7) is 0.478. The highest BCUT2D eigenvalue weighted by molar-refractivity contribution is 7.99. The highest BCUT2D eigenvalue weighted by Gasteiger charge is 2.01. The highest BCUT2D eigenvalue weighted by atomic mass is 32.2. The molecule has 3 heteroatoms. The van der Waals surface area contributed by atoms with Gasteiger partial charge in [-0.05, 0) is 35.0 Å². The van der Waals surface area contributed by atoms with E-state index in [2.05, 4.69) is 47.4 Å². The van der Waals surface area contributed by atoms with E-state index in [1.165, 1.54) is 15.7 Å². The Morgan fingerprint density at radius 3 is 2.58 bits per heavy atom. The van der Waals surface area contributed by atoms with Crippen molar-refractivity contribution in [1.29, 1.82) is 0 Å². The minimum absolute atomic E-state index is 0.478. The fourth-order valence-electron chi connectivity index (χ4n) is 1.98. The largest absolute Gasteiger partial charge is 0.325 e. The standard InChI is InChI=1S/C16H14N2S/c17-11-14-6-3-7-16(18-14)19-15-9-8-12-4-1-2-5-13(12)10-15/h1-10H,11,17H2. The molecule has 0 saturated heterocycles. The summed E-state index contributed by atoms with van der Waals surface area (Å²) < 4.78 is 0. The van der Waals surface area contributed by atoms with Crippen LogP contribution in [0.2, 0.25) is 0 Å². The van der Waals surface area contributed by atoms with Crippen molar-refractivity contribution in [3.05, 3.63) is 66.4 Å². The zero-order valence-electron chi connectivity index (χ0n) is 10.4. The number of rotatable bonds is 3. The van der Waals surface area contributed by atoms with E-state index >= 15 is 0 Å². The number of hydrogen-bond acceptors (Lipinski definition) is 3. The lowest BCUT2D eigenvalue weighted by Gasteiger charge is -2.04. The van der Waals surface area contributed by atoms with Gasteiger partial charge in [0, 0.05) is 11.4 Å². The molecule has 0 atom stereocenters. The fraction of sp³-hybridized carbons (Fsp3) is 0.0625. The van der Waals surface area contributed by atoms with Gasteiger partial charge in [-0.15, -0.1) is 0 Å². The van der Waals surface area contributed by atoms with Crippen LogP contribution in [0.15, 0.2) is 70.6 Å². The molecule has 94 valence electrons. The molecule has 0 fully saturated rings. The summed E-state index contributed by atoms with van der Waals surface area (Å²) in [7, 11) is 0. The third-order valence-corrected chi connectivity index (χ3v) is 3.86. The summed E-state index contributed by atoms with van der Waals surface area (Å²) in [6.07, 6.45) is 0. The summed E-state index contributed by atoms with van der Waals surface area (Å²) in [5.74, 6) is 0. The van der Waals surface area contributed by atoms with Crippen LogP contribution in [0, 0.1) is 0 Å². The zero-order chi connectivity index (χ0) is 13.1. The van der Waals surface area contributed by atoms with Gasteiger partial charge in [-0.25, -0.2) is 4.98 Å². The molecule has 0 saturated carbocycles. The van der Waals surface area contributed by atoms with E-state index in [1.807, 2.05) is 18.2 Å². The Balaban J connectivity index is 1.92. The van der Waals surface area contributed by atoms with E-state index in [0.29, 0.717) is 6.54 Å². The maximum Gasteiger partial charge on any atom is 0.101 e. The molecule has 0 bridgehead atoms. The van der Waals surface area contributed by atoms with Crippen LogP contribution < -0.4 is 5.73 Å². The van der Waals surface area contributed by atoms with Crippen molar-refractivity contribution >= 4 is 22.5 Å². The maximum atomic E-state index is 5.61. The second-order valence-corrected chi connectivity index (χ2v) is 5.38. The Morgan fingerprint density at radius 1 is 0.895 bits per heavy atom. The SMILES string of the molecule is NCc1cccc(Sc2ccc3ccccc3c2)n1. The second-order valence-electron chi connectivity index (χ2n) is 4.28. The molecule has 2 N–H and O–H groups in total. The molecule has 0 unspecified atom stereocenters. The normalized spacial score (nSPS) is 10.8. The molecule has 0 aliphatic heterocycles. The van der Waals surface area contributed by atoms with Crippen molar-refractivity contribution in [1.82, 2.24) is 4.98 Å². The number of nitrogens with zero attached hydrogens (tertiary/aromatic N) is 1. The van der Waals surface area contributed by atoms with Crippen molar-refractivity contribution in [3.63, 3.8) is 0 Å². The maximum absolute atomic E-state index is 5.61. The third-order valence-electron chi connectivity index (χ3n) is 2.93. The summed E-state index contributed by atoms with van der Waals surface area (Å²) in [5.41, 5.74) is 6.54. The third kappa shape index (κ3) is 2.78. The number of hydrogen-bond donors (Lipinski definition) is 1. The number of nitrogens with two attached hydrogens (primary N) is 1. The van der Waals surface area contributed by atoms with Crippen molar-refractivity contribution in [2.24, 2.45) is 5.73 Å². The number of benzene rings is 2. The summed E-state index contributed by atoms with van der Waals surface area (Å²) in [6, 6.07) is 20.8. The molecule has 0 aliphatic rings. The van der Waals surface area contributed by atoms with Gasteiger partial charge in [-0.1, -0.05) is 48.2 Å². The Bertz CT molecular complexity index is 710. The summed E-state index contributed by atoms with van der Waals surface area (Å²) >= 11 is 1.67. The first-order valence-electron chi connectivity index (χ1n) is 6.18. The lowest BCUT2D eigenvalue weighted by molar-refractivity contribution is 0.942. The minimum Gasteiger partial charge on any atom is -0.325 e. The predicted octanol–water partition coefficient (Wildman–Crippen LogP) is 3.84. The fourth-order valence-corrected chi connectivity index (χ4v) is 2.85. The van der Waals surface area contributed by atoms with Crippen LogP contribution in [-0.2, 0) is 6.54 Å². The second kappa shape index (κ2) is 5.43. The quantitative estimate of drug-likeness (QED) is 0.782. The van der Waals surface area contributed by atoms with Gasteiger partial charge >= 0.3 is 0 Å². The van der Waals surface area contributed by atoms with Crippen molar-refractivity contribution < 1.29 is 0 Å². The van der Waals surface area contributed by atoms with Crippen LogP contribution in [-0.4, -0.2) is 4.98 Å². The average molecular weight is 266 g/mol. The molecule has 0 spiro atoms. The molecule has 0 amide bonds. The van der Waals surface area contributed by atoms with Crippen molar-refractivity contribution in [2.45, 2.75) is 16.5 Å². The molecule has 0 radical (unpaired) electrons. The first-order chi connectivity index (χ1) is 9.35. The highest BCUT2D eigenvalue weighted by Crippen LogP contribution is 2.28. The molecule has 3 rings (SSSR count). The number of pyridine rings is 1. The van der Waals surface area contributed by atoms with E-state index in [0.717, 1.165) is 10.7 Å². The molecule has 19 heavy (non-hydrogen) atoms. The first kappa shape index (κ1) is 12.2. The smallest absolute Gasteiger partial charge is 0.101 e. The van der Waals surface area contributed by atoms with E-state index < -0.39 is 0 Å². The van der Waals surface area contributed by atoms with Crippen LogP contribution >= 0.6 is 11.8 Å². The van der Waals surface area contributed by atoms with Gasteiger partial charge in [0.15, 0.2) is 0 Å². The topological polar surface area (TPSA) is 38.9 Å². The average Bonchev–Trinajstić information content (AvgIpc) is 2.47. The van der Waals surface area contributed by atoms with Gasteiger partial charge in [0.05, 0.1) is 5.69 Å². The lowest BCUT2D eigenvalue weighted by atomic mass is 10.1. The molecular weight excluding hydrogens is 252 g/mol. The predicted molar refractivity (Wildman–Crippen MR) is 80.2 cm³/mol. The number of aromatic nitrogens is 1. The van der Waals surface area contributed by atoms with Gasteiger partial charge in [-0.3, -0.25) is 0 Å². The Morgan fingerprint density at radius 2 is 1.74 bits per heavy atom. The molecule has 0 aliphatic carbocycles. The van der Waals surface area contributed by atoms with Gasteiger partial charge in [0.2, 0.25) is 0 Å². The molecule has 2 aromatic carbocycles. The molecule has 1 aromatic heterocycles. The zero-order valence-corrected chi connectivity index (χ0v) is 11.2. The van der Waals surface area contributed by atoms with Gasteiger partial charge in [-0.2, -0.15) is 0 Å².